The van der Waals surface area contributed by atoms with E-state index >= 15 is 0 Å². The summed E-state index contributed by atoms with van der Waals surface area (Å²) in [5.74, 6) is 1.36. The van der Waals surface area contributed by atoms with Crippen LogP contribution in [-0.4, -0.2) is 55.3 Å². The topological polar surface area (TPSA) is 59.9 Å². The quantitative estimate of drug-likeness (QED) is 0.269. The van der Waals surface area contributed by atoms with E-state index in [2.05, 4.69) is 53.6 Å². The van der Waals surface area contributed by atoms with E-state index < -0.39 is 0 Å². The van der Waals surface area contributed by atoms with Crippen molar-refractivity contribution in [2.24, 2.45) is 10.9 Å². The molecule has 0 bridgehead atoms. The average molecular weight is 488 g/mol. The Morgan fingerprint density at radius 2 is 1.96 bits per heavy atom. The minimum Gasteiger partial charge on any atom is -0.396 e. The van der Waals surface area contributed by atoms with Gasteiger partial charge in [0, 0.05) is 45.9 Å². The Morgan fingerprint density at radius 1 is 1.19 bits per heavy atom. The maximum atomic E-state index is 9.20. The van der Waals surface area contributed by atoms with Crippen LogP contribution in [0.2, 0.25) is 0 Å². The normalized spacial score (nSPS) is 15.6. The van der Waals surface area contributed by atoms with Crippen LogP contribution in [0, 0.1) is 5.92 Å². The van der Waals surface area contributed by atoms with Gasteiger partial charge in [-0.05, 0) is 43.2 Å². The molecule has 0 fully saturated rings. The number of nitrogens with one attached hydrogen (secondary N) is 2. The molecule has 5 nitrogen and oxygen atoms in total. The van der Waals surface area contributed by atoms with Crippen molar-refractivity contribution in [3.8, 4) is 0 Å². The molecule has 0 saturated heterocycles. The van der Waals surface area contributed by atoms with Crippen LogP contribution in [0.1, 0.15) is 44.2 Å². The summed E-state index contributed by atoms with van der Waals surface area (Å²) in [5.41, 5.74) is 2.96. The zero-order valence-corrected chi connectivity index (χ0v) is 19.2. The fourth-order valence-corrected chi connectivity index (χ4v) is 3.56. The second-order valence-corrected chi connectivity index (χ2v) is 7.11. The first-order valence-electron chi connectivity index (χ1n) is 10.2. The average Bonchev–Trinajstić information content (AvgIpc) is 2.66. The SMILES string of the molecule is CCCC(CCO)CN=C(NCC)NCCN1CCc2ccccc2C1.I. The molecule has 3 N–H and O–H groups in total. The number of hydrogen-bond donors (Lipinski definition) is 3. The largest absolute Gasteiger partial charge is 0.396 e. The van der Waals surface area contributed by atoms with Crippen molar-refractivity contribution < 1.29 is 5.11 Å². The van der Waals surface area contributed by atoms with Gasteiger partial charge in [-0.1, -0.05) is 37.6 Å². The molecule has 1 aromatic rings. The highest BCUT2D eigenvalue weighted by Crippen LogP contribution is 2.17. The van der Waals surface area contributed by atoms with Gasteiger partial charge in [-0.3, -0.25) is 9.89 Å². The minimum absolute atomic E-state index is 0. The number of guanidine groups is 1. The first-order valence-corrected chi connectivity index (χ1v) is 10.2. The first kappa shape index (κ1) is 24.2. The molecule has 1 aromatic carbocycles. The summed E-state index contributed by atoms with van der Waals surface area (Å²) in [6.45, 7) is 10.3. The lowest BCUT2D eigenvalue weighted by atomic mass is 10.00. The summed E-state index contributed by atoms with van der Waals surface area (Å²) in [6, 6.07) is 8.77. The molecule has 6 heteroatoms. The predicted molar refractivity (Wildman–Crippen MR) is 125 cm³/mol. The summed E-state index contributed by atoms with van der Waals surface area (Å²) in [5, 5.41) is 16.0. The van der Waals surface area contributed by atoms with Gasteiger partial charge in [-0.25, -0.2) is 0 Å². The second-order valence-electron chi connectivity index (χ2n) is 7.11. The summed E-state index contributed by atoms with van der Waals surface area (Å²) in [6.07, 6.45) is 4.24. The summed E-state index contributed by atoms with van der Waals surface area (Å²) in [4.78, 5) is 7.24. The number of benzene rings is 1. The molecule has 0 aromatic heterocycles. The number of nitrogens with zero attached hydrogens (tertiary/aromatic N) is 2. The number of rotatable bonds is 10. The van der Waals surface area contributed by atoms with Crippen molar-refractivity contribution in [2.45, 2.75) is 46.1 Å². The summed E-state index contributed by atoms with van der Waals surface area (Å²) in [7, 11) is 0. The molecule has 1 aliphatic heterocycles. The molecule has 0 amide bonds. The molecule has 1 atom stereocenters. The number of fused-ring (bicyclic) bond motifs is 1. The highest BCUT2D eigenvalue weighted by atomic mass is 127. The maximum absolute atomic E-state index is 9.20. The van der Waals surface area contributed by atoms with Gasteiger partial charge in [0.15, 0.2) is 5.96 Å². The highest BCUT2D eigenvalue weighted by Gasteiger charge is 2.15. The van der Waals surface area contributed by atoms with Crippen LogP contribution in [0.4, 0.5) is 0 Å². The second kappa shape index (κ2) is 14.2. The number of aliphatic imine (C=N–C) groups is 1. The zero-order chi connectivity index (χ0) is 18.6. The lowest BCUT2D eigenvalue weighted by molar-refractivity contribution is 0.253. The van der Waals surface area contributed by atoms with Crippen LogP contribution in [-0.2, 0) is 13.0 Å². The molecule has 1 aliphatic rings. The van der Waals surface area contributed by atoms with Crippen LogP contribution < -0.4 is 10.6 Å². The van der Waals surface area contributed by atoms with Crippen molar-refractivity contribution in [1.29, 1.82) is 0 Å². The molecule has 0 saturated carbocycles. The number of aliphatic hydroxyl groups excluding tert-OH is 1. The van der Waals surface area contributed by atoms with Gasteiger partial charge in [-0.2, -0.15) is 0 Å². The van der Waals surface area contributed by atoms with E-state index in [-0.39, 0.29) is 30.6 Å². The van der Waals surface area contributed by atoms with Crippen LogP contribution in [0.15, 0.2) is 29.3 Å². The van der Waals surface area contributed by atoms with Crippen molar-refractivity contribution >= 4 is 29.9 Å². The number of hydrogen-bond acceptors (Lipinski definition) is 3. The Bertz CT molecular complexity index is 547. The summed E-state index contributed by atoms with van der Waals surface area (Å²) < 4.78 is 0. The Balaban J connectivity index is 0.00000364. The zero-order valence-electron chi connectivity index (χ0n) is 16.9. The standard InChI is InChI=1S/C21H36N4O.HI/c1-3-7-18(11-15-26)16-24-21(22-4-2)23-12-14-25-13-10-19-8-5-6-9-20(19)17-25;/h5-6,8-9,18,26H,3-4,7,10-17H2,1-2H3,(H2,22,23,24);1H. The summed E-state index contributed by atoms with van der Waals surface area (Å²) >= 11 is 0. The molecule has 1 unspecified atom stereocenters. The van der Waals surface area contributed by atoms with Gasteiger partial charge in [0.1, 0.15) is 0 Å². The van der Waals surface area contributed by atoms with E-state index in [1.165, 1.54) is 11.1 Å². The van der Waals surface area contributed by atoms with Gasteiger partial charge in [-0.15, -0.1) is 24.0 Å². The third kappa shape index (κ3) is 8.79. The van der Waals surface area contributed by atoms with Crippen molar-refractivity contribution in [3.63, 3.8) is 0 Å². The molecule has 0 aliphatic carbocycles. The Kier molecular flexibility index (Phi) is 12.7. The Morgan fingerprint density at radius 3 is 2.67 bits per heavy atom. The number of aliphatic hydroxyl groups is 1. The van der Waals surface area contributed by atoms with Gasteiger partial charge in [0.05, 0.1) is 0 Å². The van der Waals surface area contributed by atoms with Crippen LogP contribution in [0.3, 0.4) is 0 Å². The first-order chi connectivity index (χ1) is 12.8. The lowest BCUT2D eigenvalue weighted by Crippen LogP contribution is -2.42. The molecule has 0 radical (unpaired) electrons. The maximum Gasteiger partial charge on any atom is 0.191 e. The minimum atomic E-state index is 0. The molecule has 27 heavy (non-hydrogen) atoms. The fourth-order valence-electron chi connectivity index (χ4n) is 3.56. The van der Waals surface area contributed by atoms with Gasteiger partial charge >= 0.3 is 0 Å². The third-order valence-corrected chi connectivity index (χ3v) is 5.02. The molecule has 2 rings (SSSR count). The van der Waals surface area contributed by atoms with E-state index in [1.54, 1.807) is 0 Å². The Hall–Kier alpha value is -0.860. The van der Waals surface area contributed by atoms with Crippen molar-refractivity contribution in [3.05, 3.63) is 35.4 Å². The van der Waals surface area contributed by atoms with Crippen molar-refractivity contribution in [2.75, 3.05) is 39.3 Å². The van der Waals surface area contributed by atoms with Crippen LogP contribution in [0.25, 0.3) is 0 Å². The van der Waals surface area contributed by atoms with Gasteiger partial charge in [0.2, 0.25) is 0 Å². The fraction of sp³-hybridized carbons (Fsp3) is 0.667. The highest BCUT2D eigenvalue weighted by molar-refractivity contribution is 14.0. The predicted octanol–water partition coefficient (Wildman–Crippen LogP) is 3.02. The molecule has 1 heterocycles. The number of halogens is 1. The van der Waals surface area contributed by atoms with Crippen LogP contribution in [0.5, 0.6) is 0 Å². The molecular weight excluding hydrogens is 451 g/mol. The van der Waals surface area contributed by atoms with E-state index in [0.29, 0.717) is 5.92 Å². The van der Waals surface area contributed by atoms with Crippen molar-refractivity contribution in [1.82, 2.24) is 15.5 Å². The van der Waals surface area contributed by atoms with E-state index in [0.717, 1.165) is 70.9 Å². The van der Waals surface area contributed by atoms with Gasteiger partial charge < -0.3 is 15.7 Å². The van der Waals surface area contributed by atoms with E-state index in [1.807, 2.05) is 0 Å². The molecule has 154 valence electrons. The monoisotopic (exact) mass is 488 g/mol. The Labute approximate surface area is 182 Å². The smallest absolute Gasteiger partial charge is 0.191 e. The third-order valence-electron chi connectivity index (χ3n) is 5.02. The van der Waals surface area contributed by atoms with E-state index in [4.69, 9.17) is 4.99 Å². The molecular formula is C21H37IN4O. The van der Waals surface area contributed by atoms with E-state index in [9.17, 15) is 5.11 Å². The van der Waals surface area contributed by atoms with Gasteiger partial charge in [0.25, 0.3) is 0 Å². The van der Waals surface area contributed by atoms with Crippen LogP contribution >= 0.6 is 24.0 Å². The molecule has 0 spiro atoms. The lowest BCUT2D eigenvalue weighted by Gasteiger charge is -2.29.